The number of nitrogens with zero attached hydrogens (tertiary/aromatic N) is 2. The van der Waals surface area contributed by atoms with E-state index in [1.807, 2.05) is 11.4 Å². The average Bonchev–Trinajstić information content (AvgIpc) is 2.69. The van der Waals surface area contributed by atoms with Crippen LogP contribution >= 0.6 is 23.1 Å². The summed E-state index contributed by atoms with van der Waals surface area (Å²) in [5.74, 6) is 0.760. The summed E-state index contributed by atoms with van der Waals surface area (Å²) in [6.07, 6.45) is 1.80. The van der Waals surface area contributed by atoms with E-state index in [0.29, 0.717) is 0 Å². The van der Waals surface area contributed by atoms with Gasteiger partial charge in [-0.3, -0.25) is 9.36 Å². The van der Waals surface area contributed by atoms with Gasteiger partial charge in [0.1, 0.15) is 4.70 Å². The molecule has 5 heteroatoms. The molecule has 0 amide bonds. The minimum absolute atomic E-state index is 0.0292. The summed E-state index contributed by atoms with van der Waals surface area (Å²) in [5.41, 5.74) is 0.816. The van der Waals surface area contributed by atoms with E-state index in [0.717, 1.165) is 21.1 Å². The first-order valence-electron chi connectivity index (χ1n) is 4.42. The molecule has 0 radical (unpaired) electrons. The van der Waals surface area contributed by atoms with Crippen molar-refractivity contribution in [1.82, 2.24) is 9.55 Å². The van der Waals surface area contributed by atoms with Crippen molar-refractivity contribution >= 4 is 33.3 Å². The molecule has 2 aromatic heterocycles. The second-order valence-corrected chi connectivity index (χ2v) is 4.90. The van der Waals surface area contributed by atoms with Crippen LogP contribution in [0.3, 0.4) is 0 Å². The normalized spacial score (nSPS) is 10.7. The zero-order valence-corrected chi connectivity index (χ0v) is 9.90. The van der Waals surface area contributed by atoms with Crippen LogP contribution in [-0.2, 0) is 7.05 Å². The lowest BCUT2D eigenvalue weighted by molar-refractivity contribution is 0.728. The molecule has 0 aromatic carbocycles. The molecule has 0 aliphatic heterocycles. The van der Waals surface area contributed by atoms with Crippen LogP contribution in [-0.4, -0.2) is 15.3 Å². The highest BCUT2D eigenvalue weighted by molar-refractivity contribution is 7.99. The van der Waals surface area contributed by atoms with Crippen molar-refractivity contribution in [3.05, 3.63) is 34.5 Å². The third-order valence-corrected chi connectivity index (χ3v) is 3.89. The molecule has 0 aliphatic carbocycles. The number of hydrogen-bond acceptors (Lipinski definition) is 4. The zero-order valence-electron chi connectivity index (χ0n) is 8.27. The van der Waals surface area contributed by atoms with Gasteiger partial charge in [-0.1, -0.05) is 17.8 Å². The highest BCUT2D eigenvalue weighted by atomic mass is 32.2. The van der Waals surface area contributed by atoms with E-state index >= 15 is 0 Å². The van der Waals surface area contributed by atoms with Gasteiger partial charge in [0.2, 0.25) is 0 Å². The summed E-state index contributed by atoms with van der Waals surface area (Å²) in [5, 5.41) is 2.63. The van der Waals surface area contributed by atoms with Gasteiger partial charge in [-0.15, -0.1) is 17.9 Å². The molecule has 0 unspecified atom stereocenters. The van der Waals surface area contributed by atoms with Gasteiger partial charge in [-0.25, -0.2) is 4.98 Å². The molecular weight excluding hydrogens is 228 g/mol. The summed E-state index contributed by atoms with van der Waals surface area (Å²) in [7, 11) is 1.75. The second kappa shape index (κ2) is 4.20. The molecule has 0 saturated carbocycles. The van der Waals surface area contributed by atoms with Crippen molar-refractivity contribution in [2.75, 3.05) is 5.75 Å². The highest BCUT2D eigenvalue weighted by Crippen LogP contribution is 2.19. The molecule has 15 heavy (non-hydrogen) atoms. The lowest BCUT2D eigenvalue weighted by atomic mass is 10.5. The van der Waals surface area contributed by atoms with Crippen molar-refractivity contribution in [2.24, 2.45) is 7.05 Å². The summed E-state index contributed by atoms with van der Waals surface area (Å²) >= 11 is 2.95. The number of fused-ring (bicyclic) bond motifs is 1. The largest absolute Gasteiger partial charge is 0.290 e. The van der Waals surface area contributed by atoms with Crippen molar-refractivity contribution in [2.45, 2.75) is 5.16 Å². The first-order chi connectivity index (χ1) is 7.24. The van der Waals surface area contributed by atoms with Crippen LogP contribution in [0.25, 0.3) is 10.2 Å². The Labute approximate surface area is 95.5 Å². The van der Waals surface area contributed by atoms with Gasteiger partial charge in [0.15, 0.2) is 5.16 Å². The summed E-state index contributed by atoms with van der Waals surface area (Å²) in [6.45, 7) is 3.65. The maximum absolute atomic E-state index is 11.9. The van der Waals surface area contributed by atoms with Gasteiger partial charge in [0.25, 0.3) is 5.56 Å². The summed E-state index contributed by atoms with van der Waals surface area (Å²) in [6, 6.07) is 1.87. The van der Waals surface area contributed by atoms with Gasteiger partial charge >= 0.3 is 0 Å². The van der Waals surface area contributed by atoms with Crippen molar-refractivity contribution in [3.63, 3.8) is 0 Å². The fourth-order valence-corrected chi connectivity index (χ4v) is 2.74. The average molecular weight is 238 g/mol. The third-order valence-electron chi connectivity index (χ3n) is 1.98. The zero-order chi connectivity index (χ0) is 10.8. The first kappa shape index (κ1) is 10.4. The number of rotatable bonds is 3. The van der Waals surface area contributed by atoms with Gasteiger partial charge in [0.05, 0.1) is 5.52 Å². The molecule has 0 atom stereocenters. The smallest absolute Gasteiger partial charge is 0.271 e. The van der Waals surface area contributed by atoms with Gasteiger partial charge in [0, 0.05) is 12.8 Å². The van der Waals surface area contributed by atoms with Crippen LogP contribution in [0.5, 0.6) is 0 Å². The standard InChI is InChI=1S/C10H10N2OS2/c1-3-5-15-10-11-7-4-6-14-8(7)9(13)12(10)2/h3-4,6H,1,5H2,2H3. The molecule has 0 fully saturated rings. The van der Waals surface area contributed by atoms with E-state index in [4.69, 9.17) is 0 Å². The van der Waals surface area contributed by atoms with Crippen LogP contribution in [0.2, 0.25) is 0 Å². The maximum atomic E-state index is 11.9. The van der Waals surface area contributed by atoms with E-state index in [9.17, 15) is 4.79 Å². The molecule has 0 bridgehead atoms. The van der Waals surface area contributed by atoms with Crippen molar-refractivity contribution in [3.8, 4) is 0 Å². The van der Waals surface area contributed by atoms with E-state index < -0.39 is 0 Å². The fourth-order valence-electron chi connectivity index (χ4n) is 1.23. The predicted molar refractivity (Wildman–Crippen MR) is 65.8 cm³/mol. The van der Waals surface area contributed by atoms with Gasteiger partial charge in [-0.2, -0.15) is 0 Å². The number of thioether (sulfide) groups is 1. The molecule has 2 rings (SSSR count). The molecule has 3 nitrogen and oxygen atoms in total. The quantitative estimate of drug-likeness (QED) is 0.467. The number of thiophene rings is 1. The Morgan fingerprint density at radius 3 is 3.27 bits per heavy atom. The Hall–Kier alpha value is -1.07. The molecule has 2 heterocycles. The second-order valence-electron chi connectivity index (χ2n) is 2.99. The molecule has 0 saturated heterocycles. The molecule has 0 N–H and O–H groups in total. The minimum atomic E-state index is 0.0292. The molecular formula is C10H10N2OS2. The minimum Gasteiger partial charge on any atom is -0.290 e. The Kier molecular flexibility index (Phi) is 2.93. The van der Waals surface area contributed by atoms with E-state index in [2.05, 4.69) is 11.6 Å². The molecule has 78 valence electrons. The van der Waals surface area contributed by atoms with E-state index in [1.54, 1.807) is 17.7 Å². The van der Waals surface area contributed by atoms with Gasteiger partial charge in [-0.05, 0) is 11.4 Å². The van der Waals surface area contributed by atoms with Gasteiger partial charge < -0.3 is 0 Å². The molecule has 0 aliphatic rings. The van der Waals surface area contributed by atoms with E-state index in [1.165, 1.54) is 23.1 Å². The van der Waals surface area contributed by atoms with Crippen LogP contribution in [0.1, 0.15) is 0 Å². The monoisotopic (exact) mass is 238 g/mol. The SMILES string of the molecule is C=CCSc1nc2ccsc2c(=O)n1C. The van der Waals surface area contributed by atoms with Crippen LogP contribution in [0, 0.1) is 0 Å². The summed E-state index contributed by atoms with van der Waals surface area (Å²) < 4.78 is 2.31. The maximum Gasteiger partial charge on any atom is 0.271 e. The van der Waals surface area contributed by atoms with Crippen molar-refractivity contribution < 1.29 is 0 Å². The Morgan fingerprint density at radius 2 is 2.53 bits per heavy atom. The Bertz CT molecular complexity index is 556. The topological polar surface area (TPSA) is 34.9 Å². The lowest BCUT2D eigenvalue weighted by Gasteiger charge is -2.04. The van der Waals surface area contributed by atoms with Crippen LogP contribution < -0.4 is 5.56 Å². The van der Waals surface area contributed by atoms with Crippen LogP contribution in [0.4, 0.5) is 0 Å². The molecule has 2 aromatic rings. The lowest BCUT2D eigenvalue weighted by Crippen LogP contribution is -2.18. The van der Waals surface area contributed by atoms with Crippen LogP contribution in [0.15, 0.2) is 34.1 Å². The first-order valence-corrected chi connectivity index (χ1v) is 6.28. The third kappa shape index (κ3) is 1.85. The fraction of sp³-hybridized carbons (Fsp3) is 0.200. The number of aromatic nitrogens is 2. The Balaban J connectivity index is 2.59. The predicted octanol–water partition coefficient (Wildman–Crippen LogP) is 2.27. The highest BCUT2D eigenvalue weighted by Gasteiger charge is 2.08. The summed E-state index contributed by atoms with van der Waals surface area (Å²) in [4.78, 5) is 16.3. The Morgan fingerprint density at radius 1 is 1.73 bits per heavy atom. The molecule has 0 spiro atoms. The number of hydrogen-bond donors (Lipinski definition) is 0. The van der Waals surface area contributed by atoms with E-state index in [-0.39, 0.29) is 5.56 Å². The van der Waals surface area contributed by atoms with Crippen molar-refractivity contribution in [1.29, 1.82) is 0 Å².